The molecular weight excluding hydrogens is 658 g/mol. The lowest BCUT2D eigenvalue weighted by atomic mass is 9.61. The average Bonchev–Trinajstić information content (AvgIpc) is 3.64. The Hall–Kier alpha value is -4.09. The summed E-state index contributed by atoms with van der Waals surface area (Å²) in [6.45, 7) is 10.7. The zero-order valence-corrected chi connectivity index (χ0v) is 30.1. The van der Waals surface area contributed by atoms with Crippen molar-refractivity contribution in [2.24, 2.45) is 5.41 Å². The Bertz CT molecular complexity index is 1860. The van der Waals surface area contributed by atoms with Gasteiger partial charge in [0, 0.05) is 59.8 Å². The van der Waals surface area contributed by atoms with Gasteiger partial charge in [-0.3, -0.25) is 9.48 Å². The number of hydrogen-bond donors (Lipinski definition) is 0. The number of benzene rings is 2. The summed E-state index contributed by atoms with van der Waals surface area (Å²) in [5.74, 6) is 0.340. The van der Waals surface area contributed by atoms with Crippen LogP contribution in [-0.4, -0.2) is 76.0 Å². The molecule has 2 aliphatic heterocycles. The fourth-order valence-electron chi connectivity index (χ4n) is 7.77. The molecule has 266 valence electrons. The van der Waals surface area contributed by atoms with E-state index in [1.807, 2.05) is 47.0 Å². The molecule has 11 nitrogen and oxygen atoms in total. The van der Waals surface area contributed by atoms with E-state index in [0.29, 0.717) is 17.4 Å². The summed E-state index contributed by atoms with van der Waals surface area (Å²) in [6.07, 6.45) is 8.45. The van der Waals surface area contributed by atoms with Gasteiger partial charge in [-0.05, 0) is 88.3 Å². The van der Waals surface area contributed by atoms with Crippen molar-refractivity contribution >= 4 is 34.6 Å². The fraction of sp³-hybridized carbons (Fsp3) is 0.526. The monoisotopic (exact) mass is 703 g/mol. The molecule has 2 aromatic carbocycles. The van der Waals surface area contributed by atoms with E-state index >= 15 is 0 Å². The summed E-state index contributed by atoms with van der Waals surface area (Å²) >= 11 is 7.25. The number of nitrogens with zero attached hydrogens (tertiary/aromatic N) is 5. The molecule has 1 amide bonds. The lowest BCUT2D eigenvalue weighted by Crippen LogP contribution is -2.64. The van der Waals surface area contributed by atoms with Crippen LogP contribution in [0.5, 0.6) is 5.75 Å². The molecular formula is C38H46ClN5O6. The van der Waals surface area contributed by atoms with Gasteiger partial charge in [0.2, 0.25) is 0 Å². The van der Waals surface area contributed by atoms with E-state index in [1.165, 1.54) is 6.92 Å². The largest absolute Gasteiger partial charge is 0.490 e. The molecule has 1 unspecified atom stereocenters. The second kappa shape index (κ2) is 14.3. The molecule has 1 spiro atoms. The third-order valence-corrected chi connectivity index (χ3v) is 10.8. The number of aromatic nitrogens is 4. The minimum atomic E-state index is -0.333. The normalized spacial score (nSPS) is 18.6. The predicted octanol–water partition coefficient (Wildman–Crippen LogP) is 8.05. The maximum absolute atomic E-state index is 12.5. The number of hydrogen-bond acceptors (Lipinski definition) is 8. The van der Waals surface area contributed by atoms with Crippen LogP contribution in [0.3, 0.4) is 0 Å². The van der Waals surface area contributed by atoms with Crippen molar-refractivity contribution in [2.45, 2.75) is 84.9 Å². The van der Waals surface area contributed by atoms with Crippen molar-refractivity contribution in [2.75, 3.05) is 39.5 Å². The van der Waals surface area contributed by atoms with Crippen LogP contribution < -0.4 is 4.74 Å². The lowest BCUT2D eigenvalue weighted by molar-refractivity contribution is -0.141. The van der Waals surface area contributed by atoms with Crippen LogP contribution in [0.1, 0.15) is 82.3 Å². The molecule has 1 atom stereocenters. The van der Waals surface area contributed by atoms with Crippen LogP contribution in [0.4, 0.5) is 4.79 Å². The smallest absolute Gasteiger partial charge is 0.409 e. The van der Waals surface area contributed by atoms with Crippen molar-refractivity contribution < 1.29 is 28.5 Å². The summed E-state index contributed by atoms with van der Waals surface area (Å²) in [5.41, 5.74) is 6.76. The summed E-state index contributed by atoms with van der Waals surface area (Å²) in [7, 11) is 0. The second-order valence-electron chi connectivity index (χ2n) is 14.1. The molecule has 3 aliphatic rings. The number of carbonyl (C=O) groups is 2. The predicted molar refractivity (Wildman–Crippen MR) is 190 cm³/mol. The highest BCUT2D eigenvalue weighted by Crippen LogP contribution is 2.55. The first-order valence-electron chi connectivity index (χ1n) is 17.8. The number of unbranched alkanes of at least 4 members (excludes halogenated alkanes) is 1. The zero-order valence-electron chi connectivity index (χ0n) is 29.4. The van der Waals surface area contributed by atoms with E-state index in [2.05, 4.69) is 24.6 Å². The summed E-state index contributed by atoms with van der Waals surface area (Å²) in [6, 6.07) is 10.1. The van der Waals surface area contributed by atoms with Crippen molar-refractivity contribution in [3.05, 3.63) is 52.8 Å². The van der Waals surface area contributed by atoms with E-state index < -0.39 is 0 Å². The molecule has 4 aromatic rings. The summed E-state index contributed by atoms with van der Waals surface area (Å²) in [5, 5.41) is 11.8. The van der Waals surface area contributed by atoms with E-state index in [1.54, 1.807) is 0 Å². The average molecular weight is 704 g/mol. The first-order chi connectivity index (χ1) is 24.2. The number of aryl methyl sites for hydroxylation is 1. The number of amides is 1. The standard InChI is InChI=1S/C38H46ClN5O6/c1-5-6-14-50-37(46)42-22-38(23-42)19-28(20-38)43-25(3)33(36(41-43)27-10-12-29(13-11-27)48-17-16-47-26(4)45)34-30-21-40-44(32-9-7-8-15-49-32)31(30)18-24(2)35(34)39/h10-13,18,21,28,32H,5-9,14-17,19-20,22-23H2,1-4H3. The number of carbonyl (C=O) groups excluding carboxylic acids is 2. The molecule has 2 saturated heterocycles. The van der Waals surface area contributed by atoms with Gasteiger partial charge < -0.3 is 23.8 Å². The Morgan fingerprint density at radius 3 is 2.50 bits per heavy atom. The van der Waals surface area contributed by atoms with Gasteiger partial charge in [-0.25, -0.2) is 9.48 Å². The van der Waals surface area contributed by atoms with Crippen molar-refractivity contribution in [3.63, 3.8) is 0 Å². The van der Waals surface area contributed by atoms with Crippen LogP contribution in [0.25, 0.3) is 33.3 Å². The first kappa shape index (κ1) is 34.4. The van der Waals surface area contributed by atoms with E-state index in [0.717, 1.165) is 109 Å². The van der Waals surface area contributed by atoms with E-state index in [9.17, 15) is 9.59 Å². The Morgan fingerprint density at radius 2 is 1.80 bits per heavy atom. The molecule has 12 heteroatoms. The maximum Gasteiger partial charge on any atom is 0.409 e. The summed E-state index contributed by atoms with van der Waals surface area (Å²) in [4.78, 5) is 25.5. The third-order valence-electron chi connectivity index (χ3n) is 10.4. The minimum absolute atomic E-state index is 0.105. The molecule has 1 aliphatic carbocycles. The molecule has 0 N–H and O–H groups in total. The summed E-state index contributed by atoms with van der Waals surface area (Å²) < 4.78 is 26.6. The van der Waals surface area contributed by atoms with Gasteiger partial charge in [-0.2, -0.15) is 10.2 Å². The molecule has 3 fully saturated rings. The van der Waals surface area contributed by atoms with Crippen LogP contribution in [0.2, 0.25) is 5.02 Å². The van der Waals surface area contributed by atoms with Crippen LogP contribution >= 0.6 is 11.6 Å². The number of likely N-dealkylation sites (tertiary alicyclic amines) is 1. The van der Waals surface area contributed by atoms with Crippen LogP contribution in [0, 0.1) is 19.3 Å². The second-order valence-corrected chi connectivity index (χ2v) is 14.5. The van der Waals surface area contributed by atoms with Gasteiger partial charge in [0.15, 0.2) is 6.23 Å². The van der Waals surface area contributed by atoms with Gasteiger partial charge in [0.05, 0.1) is 29.4 Å². The highest BCUT2D eigenvalue weighted by atomic mass is 35.5. The number of ether oxygens (including phenoxy) is 4. The maximum atomic E-state index is 12.5. The Balaban J connectivity index is 1.22. The van der Waals surface area contributed by atoms with Gasteiger partial charge in [0.1, 0.15) is 24.7 Å². The molecule has 1 saturated carbocycles. The zero-order chi connectivity index (χ0) is 35.0. The van der Waals surface area contributed by atoms with Gasteiger partial charge in [0.25, 0.3) is 0 Å². The Morgan fingerprint density at radius 1 is 1.02 bits per heavy atom. The number of rotatable bonds is 11. The number of fused-ring (bicyclic) bond motifs is 1. The van der Waals surface area contributed by atoms with Crippen LogP contribution in [-0.2, 0) is 19.0 Å². The highest BCUT2D eigenvalue weighted by Gasteiger charge is 2.55. The molecule has 0 bridgehead atoms. The third kappa shape index (κ3) is 6.57. The van der Waals surface area contributed by atoms with Crippen molar-refractivity contribution in [1.29, 1.82) is 0 Å². The quantitative estimate of drug-likeness (QED) is 0.114. The molecule has 4 heterocycles. The van der Waals surface area contributed by atoms with Crippen molar-refractivity contribution in [3.8, 4) is 28.1 Å². The van der Waals surface area contributed by atoms with Gasteiger partial charge in [-0.15, -0.1) is 0 Å². The molecule has 0 radical (unpaired) electrons. The molecule has 2 aromatic heterocycles. The van der Waals surface area contributed by atoms with Gasteiger partial charge in [-0.1, -0.05) is 24.9 Å². The fourth-order valence-corrected chi connectivity index (χ4v) is 8.02. The number of halogens is 1. The van der Waals surface area contributed by atoms with Crippen molar-refractivity contribution in [1.82, 2.24) is 24.5 Å². The number of esters is 1. The SMILES string of the molecule is CCCCOC(=O)N1CC2(CC(n3nc(-c4ccc(OCCOC(C)=O)cc4)c(-c4c(Cl)c(C)cc5c4cnn5C4CCCCO4)c3C)C2)C1. The topological polar surface area (TPSA) is 110 Å². The molecule has 7 rings (SSSR count). The first-order valence-corrected chi connectivity index (χ1v) is 18.2. The molecule has 50 heavy (non-hydrogen) atoms. The minimum Gasteiger partial charge on any atom is -0.490 e. The highest BCUT2D eigenvalue weighted by molar-refractivity contribution is 6.36. The van der Waals surface area contributed by atoms with Gasteiger partial charge >= 0.3 is 12.1 Å². The van der Waals surface area contributed by atoms with E-state index in [4.69, 9.17) is 40.7 Å². The van der Waals surface area contributed by atoms with E-state index in [-0.39, 0.29) is 43.0 Å². The Labute approximate surface area is 297 Å². The lowest BCUT2D eigenvalue weighted by Gasteiger charge is -2.58. The Kier molecular flexibility index (Phi) is 9.80. The van der Waals surface area contributed by atoms with Crippen LogP contribution in [0.15, 0.2) is 36.5 Å².